The first-order valence-electron chi connectivity index (χ1n) is 9.28. The highest BCUT2D eigenvalue weighted by molar-refractivity contribution is 6.30. The molecule has 6 heteroatoms. The minimum absolute atomic E-state index is 0.0168. The first-order valence-corrected chi connectivity index (χ1v) is 9.66. The van der Waals surface area contributed by atoms with Gasteiger partial charge in [0.25, 0.3) is 0 Å². The van der Waals surface area contributed by atoms with E-state index >= 15 is 0 Å². The van der Waals surface area contributed by atoms with Gasteiger partial charge in [-0.1, -0.05) is 37.6 Å². The van der Waals surface area contributed by atoms with Crippen LogP contribution in [0.2, 0.25) is 5.02 Å². The molecular formula is C20H27ClN4O. The lowest BCUT2D eigenvalue weighted by Gasteiger charge is -2.21. The molecule has 3 rings (SSSR count). The molecule has 0 spiro atoms. The van der Waals surface area contributed by atoms with Crippen LogP contribution in [-0.4, -0.2) is 33.7 Å². The van der Waals surface area contributed by atoms with E-state index < -0.39 is 0 Å². The van der Waals surface area contributed by atoms with Crippen molar-refractivity contribution >= 4 is 17.5 Å². The zero-order chi connectivity index (χ0) is 18.5. The van der Waals surface area contributed by atoms with Crippen LogP contribution >= 0.6 is 11.6 Å². The van der Waals surface area contributed by atoms with Gasteiger partial charge in [0.1, 0.15) is 0 Å². The number of halogens is 1. The van der Waals surface area contributed by atoms with Crippen molar-refractivity contribution in [3.63, 3.8) is 0 Å². The smallest absolute Gasteiger partial charge is 0.224 e. The zero-order valence-corrected chi connectivity index (χ0v) is 16.3. The van der Waals surface area contributed by atoms with E-state index in [1.54, 1.807) is 0 Å². The maximum absolute atomic E-state index is 12.2. The largest absolute Gasteiger partial charge is 0.350 e. The lowest BCUT2D eigenvalue weighted by Crippen LogP contribution is -2.27. The number of amides is 1. The fraction of sp³-hybridized carbons (Fsp3) is 0.500. The molecule has 1 aromatic heterocycles. The van der Waals surface area contributed by atoms with E-state index in [1.807, 2.05) is 24.3 Å². The van der Waals surface area contributed by atoms with Gasteiger partial charge in [0.05, 0.1) is 24.4 Å². The SMILES string of the molecule is CC(C)CN1CCCn2nc(CNC(=O)Cc3cccc(Cl)c3)cc2C1. The highest BCUT2D eigenvalue weighted by Crippen LogP contribution is 2.15. The fourth-order valence-corrected chi connectivity index (χ4v) is 3.64. The summed E-state index contributed by atoms with van der Waals surface area (Å²) >= 11 is 5.97. The number of rotatable bonds is 6. The molecule has 2 aromatic rings. The summed E-state index contributed by atoms with van der Waals surface area (Å²) in [5.41, 5.74) is 3.08. The topological polar surface area (TPSA) is 50.2 Å². The van der Waals surface area contributed by atoms with E-state index in [-0.39, 0.29) is 5.91 Å². The van der Waals surface area contributed by atoms with Gasteiger partial charge in [-0.15, -0.1) is 0 Å². The second kappa shape index (κ2) is 8.69. The zero-order valence-electron chi connectivity index (χ0n) is 15.5. The molecular weight excluding hydrogens is 348 g/mol. The maximum Gasteiger partial charge on any atom is 0.224 e. The van der Waals surface area contributed by atoms with Gasteiger partial charge in [-0.3, -0.25) is 14.4 Å². The van der Waals surface area contributed by atoms with Gasteiger partial charge < -0.3 is 5.32 Å². The molecule has 0 saturated carbocycles. The van der Waals surface area contributed by atoms with Crippen LogP contribution < -0.4 is 5.32 Å². The van der Waals surface area contributed by atoms with Crippen molar-refractivity contribution < 1.29 is 4.79 Å². The number of hydrogen-bond donors (Lipinski definition) is 1. The summed E-state index contributed by atoms with van der Waals surface area (Å²) in [4.78, 5) is 14.7. The van der Waals surface area contributed by atoms with Gasteiger partial charge in [0.2, 0.25) is 5.91 Å². The minimum Gasteiger partial charge on any atom is -0.350 e. The molecule has 26 heavy (non-hydrogen) atoms. The van der Waals surface area contributed by atoms with E-state index in [4.69, 9.17) is 11.6 Å². The molecule has 0 aliphatic carbocycles. The Balaban J connectivity index is 1.55. The van der Waals surface area contributed by atoms with E-state index in [1.165, 1.54) is 5.69 Å². The quantitative estimate of drug-likeness (QED) is 0.844. The van der Waals surface area contributed by atoms with Crippen molar-refractivity contribution in [3.8, 4) is 0 Å². The van der Waals surface area contributed by atoms with Crippen LogP contribution in [0, 0.1) is 5.92 Å². The van der Waals surface area contributed by atoms with Gasteiger partial charge in [-0.2, -0.15) is 5.10 Å². The van der Waals surface area contributed by atoms with Crippen LogP contribution in [0.5, 0.6) is 0 Å². The fourth-order valence-electron chi connectivity index (χ4n) is 3.43. The Morgan fingerprint density at radius 1 is 1.31 bits per heavy atom. The van der Waals surface area contributed by atoms with Gasteiger partial charge >= 0.3 is 0 Å². The molecule has 0 fully saturated rings. The molecule has 1 aliphatic rings. The third kappa shape index (κ3) is 5.32. The Morgan fingerprint density at radius 3 is 2.92 bits per heavy atom. The standard InChI is InChI=1S/C20H27ClN4O/c1-15(2)13-24-7-4-8-25-19(14-24)11-18(23-25)12-22-20(26)10-16-5-3-6-17(21)9-16/h3,5-6,9,11,15H,4,7-8,10,12-14H2,1-2H3,(H,22,26). The second-order valence-electron chi connectivity index (χ2n) is 7.42. The number of hydrogen-bond acceptors (Lipinski definition) is 3. The Kier molecular flexibility index (Phi) is 6.33. The lowest BCUT2D eigenvalue weighted by atomic mass is 10.1. The molecule has 5 nitrogen and oxygen atoms in total. The number of nitrogens with zero attached hydrogens (tertiary/aromatic N) is 3. The van der Waals surface area contributed by atoms with Crippen LogP contribution in [0.3, 0.4) is 0 Å². The first kappa shape index (κ1) is 18.9. The summed E-state index contributed by atoms with van der Waals surface area (Å²) < 4.78 is 2.10. The molecule has 1 aromatic carbocycles. The van der Waals surface area contributed by atoms with Crippen LogP contribution in [0.1, 0.15) is 37.2 Å². The van der Waals surface area contributed by atoms with Crippen LogP contribution in [0.25, 0.3) is 0 Å². The van der Waals surface area contributed by atoms with Gasteiger partial charge in [0.15, 0.2) is 0 Å². The number of aromatic nitrogens is 2. The predicted molar refractivity (Wildman–Crippen MR) is 104 cm³/mol. The Morgan fingerprint density at radius 2 is 2.15 bits per heavy atom. The van der Waals surface area contributed by atoms with E-state index in [0.29, 0.717) is 23.9 Å². The molecule has 0 radical (unpaired) electrons. The molecule has 1 amide bonds. The van der Waals surface area contributed by atoms with E-state index in [2.05, 4.69) is 39.9 Å². The van der Waals surface area contributed by atoms with Crippen molar-refractivity contribution in [3.05, 3.63) is 52.3 Å². The van der Waals surface area contributed by atoms with Crippen molar-refractivity contribution in [2.24, 2.45) is 5.92 Å². The van der Waals surface area contributed by atoms with E-state index in [0.717, 1.165) is 43.9 Å². The Labute approximate surface area is 160 Å². The molecule has 1 N–H and O–H groups in total. The third-order valence-electron chi connectivity index (χ3n) is 4.49. The monoisotopic (exact) mass is 374 g/mol. The number of carbonyl (C=O) groups excluding carboxylic acids is 1. The highest BCUT2D eigenvalue weighted by Gasteiger charge is 2.17. The second-order valence-corrected chi connectivity index (χ2v) is 7.85. The van der Waals surface area contributed by atoms with Crippen molar-refractivity contribution in [2.45, 2.75) is 46.3 Å². The van der Waals surface area contributed by atoms with E-state index in [9.17, 15) is 4.79 Å². The summed E-state index contributed by atoms with van der Waals surface area (Å²) in [5.74, 6) is 0.645. The van der Waals surface area contributed by atoms with Gasteiger partial charge in [-0.05, 0) is 36.1 Å². The summed E-state index contributed by atoms with van der Waals surface area (Å²) in [5, 5.41) is 8.29. The summed E-state index contributed by atoms with van der Waals surface area (Å²) in [6.07, 6.45) is 1.44. The molecule has 0 unspecified atom stereocenters. The normalized spacial score (nSPS) is 14.9. The predicted octanol–water partition coefficient (Wildman–Crippen LogP) is 3.26. The van der Waals surface area contributed by atoms with Crippen molar-refractivity contribution in [2.75, 3.05) is 13.1 Å². The number of benzene rings is 1. The highest BCUT2D eigenvalue weighted by atomic mass is 35.5. The average Bonchev–Trinajstić information content (AvgIpc) is 2.85. The lowest BCUT2D eigenvalue weighted by molar-refractivity contribution is -0.120. The summed E-state index contributed by atoms with van der Waals surface area (Å²) in [6, 6.07) is 9.53. The molecule has 0 bridgehead atoms. The molecule has 1 aliphatic heterocycles. The summed E-state index contributed by atoms with van der Waals surface area (Å²) in [6.45, 7) is 9.07. The summed E-state index contributed by atoms with van der Waals surface area (Å²) in [7, 11) is 0. The van der Waals surface area contributed by atoms with Crippen molar-refractivity contribution in [1.29, 1.82) is 0 Å². The average molecular weight is 375 g/mol. The number of aryl methyl sites for hydroxylation is 1. The number of nitrogens with one attached hydrogen (secondary N) is 1. The molecule has 0 atom stereocenters. The number of carbonyl (C=O) groups is 1. The van der Waals surface area contributed by atoms with Gasteiger partial charge in [-0.25, -0.2) is 0 Å². The molecule has 0 saturated heterocycles. The number of fused-ring (bicyclic) bond motifs is 1. The van der Waals surface area contributed by atoms with Crippen molar-refractivity contribution in [1.82, 2.24) is 20.0 Å². The Bertz CT molecular complexity index is 756. The van der Waals surface area contributed by atoms with Crippen LogP contribution in [-0.2, 0) is 30.8 Å². The molecule has 2 heterocycles. The first-order chi connectivity index (χ1) is 12.5. The third-order valence-corrected chi connectivity index (χ3v) is 4.72. The maximum atomic E-state index is 12.2. The van der Waals surface area contributed by atoms with Crippen LogP contribution in [0.15, 0.2) is 30.3 Å². The van der Waals surface area contributed by atoms with Gasteiger partial charge in [0, 0.05) is 31.2 Å². The minimum atomic E-state index is -0.0168. The van der Waals surface area contributed by atoms with Crippen LogP contribution in [0.4, 0.5) is 0 Å². The Hall–Kier alpha value is -1.85. The molecule has 140 valence electrons.